The molecular formula is C26H22O2. The van der Waals surface area contributed by atoms with Crippen LogP contribution in [0.4, 0.5) is 0 Å². The van der Waals surface area contributed by atoms with Crippen molar-refractivity contribution >= 4 is 11.6 Å². The van der Waals surface area contributed by atoms with Crippen molar-refractivity contribution in [3.05, 3.63) is 103 Å². The molecule has 0 N–H and O–H groups in total. The highest BCUT2D eigenvalue weighted by molar-refractivity contribution is 6.17. The molecule has 0 atom stereocenters. The maximum atomic E-state index is 13.3. The van der Waals surface area contributed by atoms with E-state index in [4.69, 9.17) is 0 Å². The fraction of sp³-hybridized carbons (Fsp3) is 0.231. The number of aryl methyl sites for hydroxylation is 4. The van der Waals surface area contributed by atoms with E-state index in [-0.39, 0.29) is 11.6 Å². The Bertz CT molecular complexity index is 1130. The van der Waals surface area contributed by atoms with Crippen molar-refractivity contribution in [3.63, 3.8) is 0 Å². The molecule has 0 spiro atoms. The maximum Gasteiger partial charge on any atom is 0.193 e. The van der Waals surface area contributed by atoms with Gasteiger partial charge in [-0.25, -0.2) is 0 Å². The Hall–Kier alpha value is -3.00. The third-order valence-corrected chi connectivity index (χ3v) is 6.52. The van der Waals surface area contributed by atoms with E-state index in [2.05, 4.69) is 26.0 Å². The highest BCUT2D eigenvalue weighted by Crippen LogP contribution is 2.37. The van der Waals surface area contributed by atoms with E-state index in [0.29, 0.717) is 12.8 Å². The molecule has 28 heavy (non-hydrogen) atoms. The minimum absolute atomic E-state index is 0.0967. The molecule has 0 aliphatic heterocycles. The molecule has 2 nitrogen and oxygen atoms in total. The number of hydrogen-bond donors (Lipinski definition) is 0. The minimum Gasteiger partial charge on any atom is -0.289 e. The third kappa shape index (κ3) is 2.21. The Morgan fingerprint density at radius 1 is 0.571 bits per heavy atom. The lowest BCUT2D eigenvalue weighted by molar-refractivity contribution is 0.102. The van der Waals surface area contributed by atoms with Crippen LogP contribution in [0.2, 0.25) is 0 Å². The molecule has 2 aliphatic carbocycles. The summed E-state index contributed by atoms with van der Waals surface area (Å²) in [5, 5.41) is 0. The summed E-state index contributed by atoms with van der Waals surface area (Å²) < 4.78 is 0. The summed E-state index contributed by atoms with van der Waals surface area (Å²) in [5.41, 5.74) is 11.7. The number of carbonyl (C=O) groups is 2. The monoisotopic (exact) mass is 366 g/mol. The van der Waals surface area contributed by atoms with E-state index in [9.17, 15) is 9.59 Å². The van der Waals surface area contributed by atoms with Crippen LogP contribution in [-0.2, 0) is 12.8 Å². The van der Waals surface area contributed by atoms with Gasteiger partial charge >= 0.3 is 0 Å². The fourth-order valence-electron chi connectivity index (χ4n) is 4.88. The number of fused-ring (bicyclic) bond motifs is 4. The average molecular weight is 366 g/mol. The van der Waals surface area contributed by atoms with Crippen molar-refractivity contribution in [1.29, 1.82) is 0 Å². The standard InChI is InChI=1S/C26H22O2/c1-13-5-7-15(3)23-19(13)9-17-11-22-18(12-21(17)25(23)27)10-20-14(2)6-8-16(4)24(20)26(22)28/h5-8,11-12H,9-10H2,1-4H3. The van der Waals surface area contributed by atoms with Crippen LogP contribution < -0.4 is 0 Å². The van der Waals surface area contributed by atoms with Crippen LogP contribution in [0.15, 0.2) is 36.4 Å². The maximum absolute atomic E-state index is 13.3. The quantitative estimate of drug-likeness (QED) is 0.378. The van der Waals surface area contributed by atoms with Crippen molar-refractivity contribution in [1.82, 2.24) is 0 Å². The number of benzene rings is 3. The van der Waals surface area contributed by atoms with E-state index in [0.717, 1.165) is 66.8 Å². The summed E-state index contributed by atoms with van der Waals surface area (Å²) in [6, 6.07) is 12.2. The number of hydrogen-bond acceptors (Lipinski definition) is 2. The summed E-state index contributed by atoms with van der Waals surface area (Å²) in [6.45, 7) is 8.13. The van der Waals surface area contributed by atoms with Crippen LogP contribution in [0.5, 0.6) is 0 Å². The van der Waals surface area contributed by atoms with Crippen LogP contribution in [0.3, 0.4) is 0 Å². The van der Waals surface area contributed by atoms with Gasteiger partial charge in [-0.15, -0.1) is 0 Å². The van der Waals surface area contributed by atoms with Crippen LogP contribution in [-0.4, -0.2) is 11.6 Å². The first-order valence-electron chi connectivity index (χ1n) is 9.80. The molecule has 0 aromatic heterocycles. The first kappa shape index (κ1) is 17.1. The normalized spacial score (nSPS) is 14.3. The summed E-state index contributed by atoms with van der Waals surface area (Å²) >= 11 is 0. The van der Waals surface area contributed by atoms with E-state index in [1.807, 2.05) is 38.1 Å². The molecule has 3 aromatic carbocycles. The smallest absolute Gasteiger partial charge is 0.193 e. The van der Waals surface area contributed by atoms with Crippen molar-refractivity contribution in [2.75, 3.05) is 0 Å². The number of rotatable bonds is 0. The Kier molecular flexibility index (Phi) is 3.51. The molecule has 0 bridgehead atoms. The zero-order valence-corrected chi connectivity index (χ0v) is 16.7. The first-order valence-corrected chi connectivity index (χ1v) is 9.80. The Balaban J connectivity index is 1.72. The number of carbonyl (C=O) groups excluding carboxylic acids is 2. The summed E-state index contributed by atoms with van der Waals surface area (Å²) in [6.07, 6.45) is 1.42. The Labute approximate surface area is 165 Å². The van der Waals surface area contributed by atoms with Gasteiger partial charge in [-0.1, -0.05) is 24.3 Å². The van der Waals surface area contributed by atoms with Gasteiger partial charge in [0.15, 0.2) is 11.6 Å². The van der Waals surface area contributed by atoms with Crippen LogP contribution in [0.25, 0.3) is 0 Å². The predicted octanol–water partition coefficient (Wildman–Crippen LogP) is 5.19. The molecule has 0 amide bonds. The molecule has 138 valence electrons. The van der Waals surface area contributed by atoms with Gasteiger partial charge in [-0.3, -0.25) is 9.59 Å². The van der Waals surface area contributed by atoms with Gasteiger partial charge in [-0.05, 0) is 97.2 Å². The molecule has 0 unspecified atom stereocenters. The molecule has 0 saturated heterocycles. The molecule has 0 heterocycles. The second kappa shape index (κ2) is 5.75. The van der Waals surface area contributed by atoms with Gasteiger partial charge in [0.25, 0.3) is 0 Å². The molecule has 2 aliphatic rings. The average Bonchev–Trinajstić information content (AvgIpc) is 2.67. The highest BCUT2D eigenvalue weighted by Gasteiger charge is 2.31. The zero-order valence-electron chi connectivity index (χ0n) is 16.7. The van der Waals surface area contributed by atoms with Gasteiger partial charge in [0.2, 0.25) is 0 Å². The SMILES string of the molecule is Cc1ccc(C)c2c1Cc1cc3c(cc1C2=O)Cc1c(C)ccc(C)c1C3=O. The summed E-state index contributed by atoms with van der Waals surface area (Å²) in [7, 11) is 0. The Morgan fingerprint density at radius 3 is 1.32 bits per heavy atom. The molecular weight excluding hydrogens is 344 g/mol. The lowest BCUT2D eigenvalue weighted by atomic mass is 9.75. The van der Waals surface area contributed by atoms with Gasteiger partial charge in [-0.2, -0.15) is 0 Å². The first-order chi connectivity index (χ1) is 13.4. The molecule has 0 radical (unpaired) electrons. The van der Waals surface area contributed by atoms with Crippen molar-refractivity contribution in [2.45, 2.75) is 40.5 Å². The molecule has 3 aromatic rings. The minimum atomic E-state index is 0.0967. The van der Waals surface area contributed by atoms with E-state index in [1.165, 1.54) is 0 Å². The highest BCUT2D eigenvalue weighted by atomic mass is 16.1. The third-order valence-electron chi connectivity index (χ3n) is 6.52. The summed E-state index contributed by atoms with van der Waals surface area (Å²) in [5.74, 6) is 0.193. The predicted molar refractivity (Wildman–Crippen MR) is 111 cm³/mol. The van der Waals surface area contributed by atoms with Gasteiger partial charge < -0.3 is 0 Å². The Morgan fingerprint density at radius 2 is 0.929 bits per heavy atom. The lowest BCUT2D eigenvalue weighted by Gasteiger charge is -2.27. The van der Waals surface area contributed by atoms with Gasteiger partial charge in [0.05, 0.1) is 0 Å². The fourth-order valence-corrected chi connectivity index (χ4v) is 4.88. The van der Waals surface area contributed by atoms with Crippen LogP contribution >= 0.6 is 0 Å². The van der Waals surface area contributed by atoms with Crippen LogP contribution in [0.1, 0.15) is 76.4 Å². The van der Waals surface area contributed by atoms with E-state index < -0.39 is 0 Å². The second-order valence-corrected chi connectivity index (χ2v) is 8.28. The molecule has 5 rings (SSSR count). The molecule has 2 heteroatoms. The van der Waals surface area contributed by atoms with Crippen molar-refractivity contribution < 1.29 is 9.59 Å². The molecule has 0 saturated carbocycles. The van der Waals surface area contributed by atoms with Gasteiger partial charge in [0, 0.05) is 22.3 Å². The largest absolute Gasteiger partial charge is 0.289 e. The number of ketones is 2. The lowest BCUT2D eigenvalue weighted by Crippen LogP contribution is -2.23. The molecule has 0 fully saturated rings. The zero-order chi connectivity index (χ0) is 19.7. The second-order valence-electron chi connectivity index (χ2n) is 8.28. The van der Waals surface area contributed by atoms with Crippen molar-refractivity contribution in [3.8, 4) is 0 Å². The van der Waals surface area contributed by atoms with Crippen molar-refractivity contribution in [2.24, 2.45) is 0 Å². The van der Waals surface area contributed by atoms with Crippen LogP contribution in [0, 0.1) is 27.7 Å². The van der Waals surface area contributed by atoms with Gasteiger partial charge in [0.1, 0.15) is 0 Å². The van der Waals surface area contributed by atoms with E-state index in [1.54, 1.807) is 0 Å². The topological polar surface area (TPSA) is 34.1 Å². The summed E-state index contributed by atoms with van der Waals surface area (Å²) in [4.78, 5) is 26.7. The van der Waals surface area contributed by atoms with E-state index >= 15 is 0 Å².